The average Bonchev–Trinajstić information content (AvgIpc) is 3.56. The molecule has 0 aliphatic carbocycles. The summed E-state index contributed by atoms with van der Waals surface area (Å²) >= 11 is 5.97. The van der Waals surface area contributed by atoms with Crippen LogP contribution in [0.3, 0.4) is 0 Å². The minimum absolute atomic E-state index is 0.176. The van der Waals surface area contributed by atoms with E-state index in [9.17, 15) is 9.59 Å². The smallest absolute Gasteiger partial charge is 0.340 e. The highest BCUT2D eigenvalue weighted by molar-refractivity contribution is 6.30. The van der Waals surface area contributed by atoms with Gasteiger partial charge in [0.2, 0.25) is 17.6 Å². The number of fused-ring (bicyclic) bond motifs is 2. The van der Waals surface area contributed by atoms with Crippen LogP contribution in [0.1, 0.15) is 41.9 Å². The number of anilines is 1. The number of benzene rings is 2. The van der Waals surface area contributed by atoms with E-state index in [4.69, 9.17) is 25.6 Å². The maximum absolute atomic E-state index is 13.4. The lowest BCUT2D eigenvalue weighted by molar-refractivity contribution is -0.121. The summed E-state index contributed by atoms with van der Waals surface area (Å²) in [5, 5.41) is 7.61. The molecule has 2 fully saturated rings. The molecule has 2 aromatic carbocycles. The van der Waals surface area contributed by atoms with Crippen molar-refractivity contribution in [3.63, 3.8) is 0 Å². The molecule has 3 aromatic rings. The van der Waals surface area contributed by atoms with Gasteiger partial charge in [0.15, 0.2) is 0 Å². The van der Waals surface area contributed by atoms with Gasteiger partial charge in [-0.3, -0.25) is 4.79 Å². The number of carbonyl (C=O) groups is 2. The van der Waals surface area contributed by atoms with Crippen LogP contribution in [0.15, 0.2) is 53.1 Å². The summed E-state index contributed by atoms with van der Waals surface area (Å²) in [6.45, 7) is 1.98. The van der Waals surface area contributed by atoms with Gasteiger partial charge in [0.25, 0.3) is 0 Å². The Morgan fingerprint density at radius 1 is 1.12 bits per heavy atom. The Morgan fingerprint density at radius 2 is 1.88 bits per heavy atom. The van der Waals surface area contributed by atoms with Gasteiger partial charge in [0, 0.05) is 10.6 Å². The molecule has 4 atom stereocenters. The number of amides is 1. The van der Waals surface area contributed by atoms with Gasteiger partial charge in [-0.2, -0.15) is 4.98 Å². The quantitative estimate of drug-likeness (QED) is 0.533. The van der Waals surface area contributed by atoms with Gasteiger partial charge in [-0.05, 0) is 56.2 Å². The van der Waals surface area contributed by atoms with Crippen molar-refractivity contribution in [1.29, 1.82) is 0 Å². The van der Waals surface area contributed by atoms with Crippen molar-refractivity contribution in [2.75, 3.05) is 11.9 Å². The van der Waals surface area contributed by atoms with Crippen molar-refractivity contribution >= 4 is 29.2 Å². The third kappa shape index (κ3) is 4.12. The highest BCUT2D eigenvalue weighted by Gasteiger charge is 2.55. The summed E-state index contributed by atoms with van der Waals surface area (Å²) in [4.78, 5) is 30.3. The largest absolute Gasteiger partial charge is 0.462 e. The minimum atomic E-state index is -0.516. The van der Waals surface area contributed by atoms with Crippen molar-refractivity contribution in [3.05, 3.63) is 65.0 Å². The van der Waals surface area contributed by atoms with E-state index in [1.165, 1.54) is 0 Å². The molecule has 33 heavy (non-hydrogen) atoms. The first kappa shape index (κ1) is 21.6. The lowest BCUT2D eigenvalue weighted by atomic mass is 9.78. The molecule has 9 heteroatoms. The van der Waals surface area contributed by atoms with Crippen LogP contribution in [0, 0.1) is 5.92 Å². The second-order valence-corrected chi connectivity index (χ2v) is 8.50. The Balaban J connectivity index is 1.40. The Bertz CT molecular complexity index is 1180. The number of nitrogens with one attached hydrogen (secondary N) is 1. The summed E-state index contributed by atoms with van der Waals surface area (Å²) in [6, 6.07) is 13.9. The van der Waals surface area contributed by atoms with Crippen LogP contribution in [0.4, 0.5) is 5.69 Å². The van der Waals surface area contributed by atoms with E-state index in [1.807, 2.05) is 12.1 Å². The van der Waals surface area contributed by atoms with Crippen LogP contribution < -0.4 is 5.32 Å². The van der Waals surface area contributed by atoms with Crippen LogP contribution in [-0.2, 0) is 14.3 Å². The molecule has 8 nitrogen and oxygen atoms in total. The van der Waals surface area contributed by atoms with E-state index in [-0.39, 0.29) is 30.6 Å². The molecule has 1 aromatic heterocycles. The van der Waals surface area contributed by atoms with Gasteiger partial charge in [-0.1, -0.05) is 28.9 Å². The first-order valence-electron chi connectivity index (χ1n) is 10.9. The summed E-state index contributed by atoms with van der Waals surface area (Å²) in [7, 11) is 0. The predicted molar refractivity (Wildman–Crippen MR) is 120 cm³/mol. The molecule has 3 heterocycles. The number of nitrogens with zero attached hydrogens (tertiary/aromatic N) is 2. The van der Waals surface area contributed by atoms with Crippen molar-refractivity contribution in [2.45, 2.75) is 37.9 Å². The Morgan fingerprint density at radius 3 is 2.67 bits per heavy atom. The number of halogens is 1. The molecule has 2 saturated heterocycles. The standard InChI is InChI=1S/C24H22ClN3O5/c1-2-31-24(30)15-5-3-4-6-16(15)26-22(29)19-17-11-12-18(32-17)20(19)23-27-21(28-33-23)13-7-9-14(25)10-8-13/h3-10,17-20H,2,11-12H2,1H3,(H,26,29)/t17-,18+,19-,20+/m1/s1. The first-order valence-corrected chi connectivity index (χ1v) is 11.2. The number of rotatable bonds is 6. The van der Waals surface area contributed by atoms with Gasteiger partial charge >= 0.3 is 5.97 Å². The van der Waals surface area contributed by atoms with Crippen molar-refractivity contribution in [2.24, 2.45) is 5.92 Å². The molecule has 170 valence electrons. The van der Waals surface area contributed by atoms with E-state index in [1.54, 1.807) is 43.3 Å². The number of para-hydroxylation sites is 1. The molecular formula is C24H22ClN3O5. The molecule has 1 amide bonds. The van der Waals surface area contributed by atoms with E-state index in [2.05, 4.69) is 15.5 Å². The van der Waals surface area contributed by atoms with Crippen molar-refractivity contribution in [1.82, 2.24) is 10.1 Å². The number of esters is 1. The lowest BCUT2D eigenvalue weighted by Gasteiger charge is -2.24. The lowest BCUT2D eigenvalue weighted by Crippen LogP contribution is -2.36. The fraction of sp³-hybridized carbons (Fsp3) is 0.333. The van der Waals surface area contributed by atoms with Gasteiger partial charge in [0.05, 0.1) is 41.9 Å². The topological polar surface area (TPSA) is 104 Å². The zero-order valence-electron chi connectivity index (χ0n) is 17.9. The fourth-order valence-electron chi connectivity index (χ4n) is 4.61. The molecule has 0 radical (unpaired) electrons. The second-order valence-electron chi connectivity index (χ2n) is 8.06. The summed E-state index contributed by atoms with van der Waals surface area (Å²) in [6.07, 6.45) is 1.17. The molecule has 0 unspecified atom stereocenters. The normalized spacial score (nSPS) is 23.5. The van der Waals surface area contributed by atoms with Gasteiger partial charge in [0.1, 0.15) is 0 Å². The zero-order chi connectivity index (χ0) is 22.9. The maximum atomic E-state index is 13.4. The third-order valence-electron chi connectivity index (χ3n) is 6.09. The molecule has 2 aliphatic rings. The minimum Gasteiger partial charge on any atom is -0.462 e. The summed E-state index contributed by atoms with van der Waals surface area (Å²) in [5.41, 5.74) is 1.47. The zero-order valence-corrected chi connectivity index (χ0v) is 18.6. The Hall–Kier alpha value is -3.23. The fourth-order valence-corrected chi connectivity index (χ4v) is 4.73. The molecule has 0 spiro atoms. The predicted octanol–water partition coefficient (Wildman–Crippen LogP) is 4.47. The Labute approximate surface area is 195 Å². The van der Waals surface area contributed by atoms with E-state index < -0.39 is 11.9 Å². The SMILES string of the molecule is CCOC(=O)c1ccccc1NC(=O)[C@H]1[C@@H](c2nc(-c3ccc(Cl)cc3)no2)[C@@H]2CC[C@H]1O2. The highest BCUT2D eigenvalue weighted by Crippen LogP contribution is 2.49. The van der Waals surface area contributed by atoms with Gasteiger partial charge in [-0.25, -0.2) is 4.79 Å². The van der Waals surface area contributed by atoms with Crippen LogP contribution in [0.2, 0.25) is 5.02 Å². The second kappa shape index (κ2) is 8.96. The molecule has 2 aliphatic heterocycles. The summed E-state index contributed by atoms with van der Waals surface area (Å²) in [5.74, 6) is -0.833. The maximum Gasteiger partial charge on any atom is 0.340 e. The van der Waals surface area contributed by atoms with Crippen molar-refractivity contribution in [3.8, 4) is 11.4 Å². The van der Waals surface area contributed by atoms with Crippen LogP contribution in [0.25, 0.3) is 11.4 Å². The van der Waals surface area contributed by atoms with Crippen LogP contribution >= 0.6 is 11.6 Å². The van der Waals surface area contributed by atoms with E-state index in [0.717, 1.165) is 18.4 Å². The molecule has 5 rings (SSSR count). The number of hydrogen-bond donors (Lipinski definition) is 1. The van der Waals surface area contributed by atoms with Gasteiger partial charge < -0.3 is 19.3 Å². The molecule has 0 saturated carbocycles. The number of ether oxygens (including phenoxy) is 2. The monoisotopic (exact) mass is 467 g/mol. The molecule has 1 N–H and O–H groups in total. The number of aromatic nitrogens is 2. The highest BCUT2D eigenvalue weighted by atomic mass is 35.5. The van der Waals surface area contributed by atoms with E-state index in [0.29, 0.717) is 28.0 Å². The first-order chi connectivity index (χ1) is 16.0. The molecule has 2 bridgehead atoms. The van der Waals surface area contributed by atoms with Crippen LogP contribution in [0.5, 0.6) is 0 Å². The Kier molecular flexibility index (Phi) is 5.86. The average molecular weight is 468 g/mol. The molecular weight excluding hydrogens is 446 g/mol. The number of hydrogen-bond acceptors (Lipinski definition) is 7. The third-order valence-corrected chi connectivity index (χ3v) is 6.34. The van der Waals surface area contributed by atoms with Gasteiger partial charge in [-0.15, -0.1) is 0 Å². The van der Waals surface area contributed by atoms with E-state index >= 15 is 0 Å². The summed E-state index contributed by atoms with van der Waals surface area (Å²) < 4.78 is 16.8. The van der Waals surface area contributed by atoms with Crippen LogP contribution in [-0.4, -0.2) is 40.8 Å². The number of carbonyl (C=O) groups excluding carboxylic acids is 2. The van der Waals surface area contributed by atoms with Crippen molar-refractivity contribution < 1.29 is 23.6 Å².